The fraction of sp³-hybridized carbons (Fsp3) is 0.391. The molecule has 7 heteroatoms. The molecule has 0 spiro atoms. The predicted molar refractivity (Wildman–Crippen MR) is 125 cm³/mol. The van der Waals surface area contributed by atoms with Crippen molar-refractivity contribution in [3.8, 4) is 11.4 Å². The molecule has 6 nitrogen and oxygen atoms in total. The Bertz CT molecular complexity index is 1270. The van der Waals surface area contributed by atoms with Crippen molar-refractivity contribution in [1.29, 1.82) is 0 Å². The average molecular weight is 425 g/mol. The van der Waals surface area contributed by atoms with Crippen LogP contribution in [0.4, 0.5) is 0 Å². The number of pyridine rings is 1. The molecule has 0 aliphatic carbocycles. The van der Waals surface area contributed by atoms with Gasteiger partial charge in [-0.3, -0.25) is 14.3 Å². The van der Waals surface area contributed by atoms with E-state index in [9.17, 15) is 9.00 Å². The summed E-state index contributed by atoms with van der Waals surface area (Å²) >= 11 is 0. The molecule has 3 rings (SSSR count). The minimum absolute atomic E-state index is 0.135. The van der Waals surface area contributed by atoms with Gasteiger partial charge in [-0.1, -0.05) is 0 Å². The Labute approximate surface area is 179 Å². The second kappa shape index (κ2) is 7.87. The van der Waals surface area contributed by atoms with Gasteiger partial charge in [-0.15, -0.1) is 0 Å². The zero-order chi connectivity index (χ0) is 22.4. The highest BCUT2D eigenvalue weighted by Gasteiger charge is 2.21. The summed E-state index contributed by atoms with van der Waals surface area (Å²) in [7, 11) is 0.315. The Kier molecular flexibility index (Phi) is 5.78. The van der Waals surface area contributed by atoms with Crippen molar-refractivity contribution in [3.63, 3.8) is 0 Å². The highest BCUT2D eigenvalue weighted by molar-refractivity contribution is 7.85. The van der Waals surface area contributed by atoms with Crippen molar-refractivity contribution < 1.29 is 4.21 Å². The maximum Gasteiger partial charge on any atom is 0.261 e. The van der Waals surface area contributed by atoms with Gasteiger partial charge >= 0.3 is 0 Å². The molecule has 1 atom stereocenters. The van der Waals surface area contributed by atoms with Crippen molar-refractivity contribution in [3.05, 3.63) is 57.1 Å². The van der Waals surface area contributed by atoms with Crippen LogP contribution in [0.15, 0.2) is 33.6 Å². The van der Waals surface area contributed by atoms with Crippen LogP contribution in [0.5, 0.6) is 0 Å². The number of nitrogens with zero attached hydrogens (tertiary/aromatic N) is 4. The van der Waals surface area contributed by atoms with Gasteiger partial charge in [-0.25, -0.2) is 9.19 Å². The molecule has 0 aliphatic rings. The van der Waals surface area contributed by atoms with Gasteiger partial charge in [-0.2, -0.15) is 4.40 Å². The van der Waals surface area contributed by atoms with Gasteiger partial charge in [0.15, 0.2) is 0 Å². The molecule has 0 unspecified atom stereocenters. The fourth-order valence-corrected chi connectivity index (χ4v) is 3.90. The van der Waals surface area contributed by atoms with Crippen LogP contribution >= 0.6 is 0 Å². The Morgan fingerprint density at radius 3 is 2.40 bits per heavy atom. The standard InChI is InChI=1S/C23H28N4O2S/c1-13-9-17(16(4)26-30(29)23(5,6)7)20-18(10-13)22(28)27(8)21(25-20)19-12-24-15(3)11-14(19)2/h9-12H,1-8H3/b26-16-/t30-/m1/s1. The van der Waals surface area contributed by atoms with E-state index in [1.165, 1.54) is 0 Å². The number of aromatic nitrogens is 3. The maximum absolute atomic E-state index is 13.2. The monoisotopic (exact) mass is 424 g/mol. The predicted octanol–water partition coefficient (Wildman–Crippen LogP) is 4.19. The van der Waals surface area contributed by atoms with Crippen LogP contribution in [0.3, 0.4) is 0 Å². The summed E-state index contributed by atoms with van der Waals surface area (Å²) in [5.74, 6) is 0.548. The molecule has 0 amide bonds. The highest BCUT2D eigenvalue weighted by Crippen LogP contribution is 2.25. The summed E-state index contributed by atoms with van der Waals surface area (Å²) < 4.78 is 18.1. The molecule has 0 bridgehead atoms. The van der Waals surface area contributed by atoms with Crippen molar-refractivity contribution >= 4 is 27.6 Å². The van der Waals surface area contributed by atoms with Crippen LogP contribution in [-0.2, 0) is 18.0 Å². The molecule has 0 fully saturated rings. The molecule has 0 N–H and O–H groups in total. The SMILES string of the molecule is C/C(=N/[S@](=O)C(C)(C)C)c1cc(C)cc2c(=O)n(C)c(-c3cnc(C)cc3C)nc12. The second-order valence-corrected chi connectivity index (χ2v) is 10.6. The number of hydrogen-bond donors (Lipinski definition) is 0. The van der Waals surface area contributed by atoms with Crippen LogP contribution in [0.1, 0.15) is 50.1 Å². The zero-order valence-corrected chi connectivity index (χ0v) is 19.6. The quantitative estimate of drug-likeness (QED) is 0.591. The van der Waals surface area contributed by atoms with E-state index in [1.54, 1.807) is 17.8 Å². The molecule has 2 heterocycles. The van der Waals surface area contributed by atoms with Crippen LogP contribution in [-0.4, -0.2) is 29.2 Å². The molecule has 30 heavy (non-hydrogen) atoms. The Balaban J connectivity index is 2.35. The molecular weight excluding hydrogens is 396 g/mol. The van der Waals surface area contributed by atoms with E-state index >= 15 is 0 Å². The van der Waals surface area contributed by atoms with Crippen molar-refractivity contribution in [2.45, 2.75) is 53.2 Å². The van der Waals surface area contributed by atoms with Gasteiger partial charge in [-0.05, 0) is 77.8 Å². The van der Waals surface area contributed by atoms with Crippen molar-refractivity contribution in [2.24, 2.45) is 11.4 Å². The van der Waals surface area contributed by atoms with Gasteiger partial charge in [0, 0.05) is 30.1 Å². The molecule has 158 valence electrons. The largest absolute Gasteiger partial charge is 0.295 e. The van der Waals surface area contributed by atoms with Gasteiger partial charge in [0.2, 0.25) is 0 Å². The fourth-order valence-electron chi connectivity index (χ4n) is 3.28. The van der Waals surface area contributed by atoms with E-state index in [2.05, 4.69) is 9.38 Å². The summed E-state index contributed by atoms with van der Waals surface area (Å²) in [6, 6.07) is 5.75. The first-order valence-corrected chi connectivity index (χ1v) is 10.9. The summed E-state index contributed by atoms with van der Waals surface area (Å²) in [5.41, 5.74) is 5.38. The van der Waals surface area contributed by atoms with Crippen molar-refractivity contribution in [2.75, 3.05) is 0 Å². The third-order valence-electron chi connectivity index (χ3n) is 4.95. The zero-order valence-electron chi connectivity index (χ0n) is 18.8. The van der Waals surface area contributed by atoms with E-state index in [-0.39, 0.29) is 5.56 Å². The first kappa shape index (κ1) is 22.0. The molecular formula is C23H28N4O2S. The van der Waals surface area contributed by atoms with E-state index in [0.717, 1.165) is 27.9 Å². The van der Waals surface area contributed by atoms with Crippen LogP contribution in [0.25, 0.3) is 22.3 Å². The summed E-state index contributed by atoms with van der Waals surface area (Å²) in [6.45, 7) is 13.3. The topological polar surface area (TPSA) is 77.2 Å². The first-order valence-electron chi connectivity index (χ1n) is 9.83. The number of benzene rings is 1. The lowest BCUT2D eigenvalue weighted by Crippen LogP contribution is -2.22. The highest BCUT2D eigenvalue weighted by atomic mass is 32.2. The van der Waals surface area contributed by atoms with Crippen molar-refractivity contribution in [1.82, 2.24) is 14.5 Å². The molecule has 0 aliphatic heterocycles. The summed E-state index contributed by atoms with van der Waals surface area (Å²) in [5, 5.41) is 0.519. The number of aryl methyl sites for hydroxylation is 3. The minimum atomic E-state index is -1.41. The molecule has 1 aromatic carbocycles. The van der Waals surface area contributed by atoms with Gasteiger partial charge in [0.1, 0.15) is 16.8 Å². The lowest BCUT2D eigenvalue weighted by atomic mass is 10.0. The van der Waals surface area contributed by atoms with Crippen LogP contribution in [0, 0.1) is 20.8 Å². The van der Waals surface area contributed by atoms with Crippen LogP contribution < -0.4 is 5.56 Å². The third-order valence-corrected chi connectivity index (χ3v) is 6.43. The van der Waals surface area contributed by atoms with E-state index in [0.29, 0.717) is 22.4 Å². The van der Waals surface area contributed by atoms with Gasteiger partial charge < -0.3 is 0 Å². The Morgan fingerprint density at radius 2 is 1.80 bits per heavy atom. The lowest BCUT2D eigenvalue weighted by molar-refractivity contribution is 0.650. The lowest BCUT2D eigenvalue weighted by Gasteiger charge is -2.16. The molecule has 0 saturated heterocycles. The maximum atomic E-state index is 13.2. The van der Waals surface area contributed by atoms with Crippen LogP contribution in [0.2, 0.25) is 0 Å². The van der Waals surface area contributed by atoms with E-state index in [4.69, 9.17) is 4.98 Å². The first-order chi connectivity index (χ1) is 13.9. The Hall–Kier alpha value is -2.67. The molecule has 2 aromatic heterocycles. The normalized spacial score (nSPS) is 13.7. The molecule has 0 saturated carbocycles. The third kappa shape index (κ3) is 4.12. The number of rotatable bonds is 3. The minimum Gasteiger partial charge on any atom is -0.295 e. The average Bonchev–Trinajstić information content (AvgIpc) is 2.64. The Morgan fingerprint density at radius 1 is 1.13 bits per heavy atom. The smallest absolute Gasteiger partial charge is 0.261 e. The van der Waals surface area contributed by atoms with E-state index < -0.39 is 15.7 Å². The van der Waals surface area contributed by atoms with E-state index in [1.807, 2.05) is 66.7 Å². The molecule has 3 aromatic rings. The number of hydrogen-bond acceptors (Lipinski definition) is 4. The summed E-state index contributed by atoms with van der Waals surface area (Å²) in [6.07, 6.45) is 1.75. The second-order valence-electron chi connectivity index (χ2n) is 8.69. The summed E-state index contributed by atoms with van der Waals surface area (Å²) in [4.78, 5) is 22.5. The van der Waals surface area contributed by atoms with Gasteiger partial charge in [0.25, 0.3) is 5.56 Å². The van der Waals surface area contributed by atoms with Gasteiger partial charge in [0.05, 0.1) is 21.4 Å². The molecule has 0 radical (unpaired) electrons. The number of fused-ring (bicyclic) bond motifs is 1.